The maximum Gasteiger partial charge on any atom is 0.0714 e. The first-order valence-corrected chi connectivity index (χ1v) is 8.63. The number of rotatable bonds is 4. The van der Waals surface area contributed by atoms with Crippen molar-refractivity contribution < 1.29 is 5.11 Å². The molecule has 1 aromatic heterocycles. The highest BCUT2D eigenvalue weighted by Gasteiger charge is 2.28. The zero-order chi connectivity index (χ0) is 13.1. The molecule has 1 saturated carbocycles. The van der Waals surface area contributed by atoms with E-state index in [1.54, 1.807) is 0 Å². The van der Waals surface area contributed by atoms with E-state index in [2.05, 4.69) is 11.1 Å². The van der Waals surface area contributed by atoms with E-state index in [9.17, 15) is 5.11 Å². The molecule has 1 heterocycles. The van der Waals surface area contributed by atoms with Gasteiger partial charge in [-0.05, 0) is 43.7 Å². The maximum atomic E-state index is 10.5. The number of aliphatic hydroxyl groups excluding tert-OH is 1. The van der Waals surface area contributed by atoms with E-state index >= 15 is 0 Å². The number of aliphatic hydroxyl groups is 1. The van der Waals surface area contributed by atoms with Crippen LogP contribution >= 0.6 is 11.8 Å². The monoisotopic (exact) mass is 277 g/mol. The average Bonchev–Trinajstić information content (AvgIpc) is 2.97. The van der Waals surface area contributed by atoms with E-state index in [1.807, 2.05) is 24.0 Å². The summed E-state index contributed by atoms with van der Waals surface area (Å²) in [7, 11) is 0. The highest BCUT2D eigenvalue weighted by atomic mass is 32.2. The van der Waals surface area contributed by atoms with Crippen LogP contribution in [0.15, 0.2) is 18.3 Å². The van der Waals surface area contributed by atoms with Crippen LogP contribution in [-0.2, 0) is 6.42 Å². The van der Waals surface area contributed by atoms with Gasteiger partial charge in [-0.2, -0.15) is 11.8 Å². The summed E-state index contributed by atoms with van der Waals surface area (Å²) in [5, 5.41) is 11.3. The molecule has 0 aliphatic heterocycles. The first-order chi connectivity index (χ1) is 9.34. The molecule has 2 atom stereocenters. The van der Waals surface area contributed by atoms with Gasteiger partial charge in [0.05, 0.1) is 6.10 Å². The second-order valence-electron chi connectivity index (χ2n) is 5.85. The Labute approximate surface area is 120 Å². The summed E-state index contributed by atoms with van der Waals surface area (Å²) in [6.07, 6.45) is 10.5. The van der Waals surface area contributed by atoms with Crippen LogP contribution in [-0.4, -0.2) is 27.2 Å². The molecule has 3 rings (SSSR count). The molecule has 3 heteroatoms. The van der Waals surface area contributed by atoms with Crippen molar-refractivity contribution in [3.63, 3.8) is 0 Å². The van der Waals surface area contributed by atoms with E-state index < -0.39 is 0 Å². The van der Waals surface area contributed by atoms with Crippen LogP contribution in [0, 0.1) is 0 Å². The van der Waals surface area contributed by atoms with Gasteiger partial charge in [-0.3, -0.25) is 4.98 Å². The SMILES string of the molecule is OC(CSC1CCCC1)C1CCCc2cccnc21. The van der Waals surface area contributed by atoms with E-state index in [0.29, 0.717) is 0 Å². The van der Waals surface area contributed by atoms with Crippen molar-refractivity contribution >= 4 is 11.8 Å². The molecule has 0 saturated heterocycles. The Morgan fingerprint density at radius 1 is 1.26 bits per heavy atom. The predicted octanol–water partition coefficient (Wildman–Crippen LogP) is 3.54. The molecule has 19 heavy (non-hydrogen) atoms. The first-order valence-electron chi connectivity index (χ1n) is 7.58. The van der Waals surface area contributed by atoms with Gasteiger partial charge in [0.1, 0.15) is 0 Å². The minimum absolute atomic E-state index is 0.223. The molecule has 1 N–H and O–H groups in total. The van der Waals surface area contributed by atoms with Crippen LogP contribution in [0.25, 0.3) is 0 Å². The van der Waals surface area contributed by atoms with Gasteiger partial charge in [-0.15, -0.1) is 0 Å². The quantitative estimate of drug-likeness (QED) is 0.914. The molecule has 1 fully saturated rings. The normalized spacial score (nSPS) is 25.2. The van der Waals surface area contributed by atoms with Crippen LogP contribution in [0.2, 0.25) is 0 Å². The van der Waals surface area contributed by atoms with E-state index in [0.717, 1.165) is 29.5 Å². The number of aromatic nitrogens is 1. The highest BCUT2D eigenvalue weighted by Crippen LogP contribution is 2.36. The van der Waals surface area contributed by atoms with Gasteiger partial charge in [0.15, 0.2) is 0 Å². The molecule has 2 unspecified atom stereocenters. The second-order valence-corrected chi connectivity index (χ2v) is 7.19. The molecule has 2 aliphatic rings. The summed E-state index contributed by atoms with van der Waals surface area (Å²) in [6, 6.07) is 4.19. The molecule has 0 radical (unpaired) electrons. The summed E-state index contributed by atoms with van der Waals surface area (Å²) >= 11 is 1.98. The van der Waals surface area contributed by atoms with Crippen LogP contribution in [0.5, 0.6) is 0 Å². The molecular formula is C16H23NOS. The van der Waals surface area contributed by atoms with Crippen molar-refractivity contribution in [3.8, 4) is 0 Å². The standard InChI is InChI=1S/C16H23NOS/c18-15(11-19-13-7-1-2-8-13)14-9-3-5-12-6-4-10-17-16(12)14/h4,6,10,13-15,18H,1-3,5,7-9,11H2. The second kappa shape index (κ2) is 6.27. The molecule has 0 aromatic carbocycles. The average molecular weight is 277 g/mol. The molecule has 2 nitrogen and oxygen atoms in total. The van der Waals surface area contributed by atoms with E-state index in [1.165, 1.54) is 37.7 Å². The number of nitrogens with zero attached hydrogens (tertiary/aromatic N) is 1. The topological polar surface area (TPSA) is 33.1 Å². The number of hydrogen-bond donors (Lipinski definition) is 1. The first kappa shape index (κ1) is 13.4. The third-order valence-electron chi connectivity index (χ3n) is 4.51. The molecule has 0 spiro atoms. The predicted molar refractivity (Wildman–Crippen MR) is 80.6 cm³/mol. The highest BCUT2D eigenvalue weighted by molar-refractivity contribution is 7.99. The molecule has 1 aromatic rings. The smallest absolute Gasteiger partial charge is 0.0714 e. The van der Waals surface area contributed by atoms with Crippen molar-refractivity contribution in [2.24, 2.45) is 0 Å². The van der Waals surface area contributed by atoms with Crippen LogP contribution in [0.4, 0.5) is 0 Å². The minimum atomic E-state index is -0.223. The lowest BCUT2D eigenvalue weighted by atomic mass is 9.84. The molecule has 0 amide bonds. The fraction of sp³-hybridized carbons (Fsp3) is 0.688. The molecule has 0 bridgehead atoms. The Morgan fingerprint density at radius 3 is 2.95 bits per heavy atom. The molecule has 2 aliphatic carbocycles. The Kier molecular flexibility index (Phi) is 4.44. The fourth-order valence-electron chi connectivity index (χ4n) is 3.43. The van der Waals surface area contributed by atoms with Gasteiger partial charge in [0.25, 0.3) is 0 Å². The lowest BCUT2D eigenvalue weighted by molar-refractivity contribution is 0.155. The van der Waals surface area contributed by atoms with Crippen molar-refractivity contribution in [2.45, 2.75) is 62.2 Å². The Morgan fingerprint density at radius 2 is 2.11 bits per heavy atom. The van der Waals surface area contributed by atoms with Crippen molar-refractivity contribution in [2.75, 3.05) is 5.75 Å². The van der Waals surface area contributed by atoms with Crippen molar-refractivity contribution in [1.82, 2.24) is 4.98 Å². The number of aryl methyl sites for hydroxylation is 1. The van der Waals surface area contributed by atoms with Crippen LogP contribution in [0.3, 0.4) is 0 Å². The Bertz CT molecular complexity index is 417. The van der Waals surface area contributed by atoms with Gasteiger partial charge in [-0.1, -0.05) is 18.9 Å². The summed E-state index contributed by atoms with van der Waals surface area (Å²) in [4.78, 5) is 4.53. The summed E-state index contributed by atoms with van der Waals surface area (Å²) in [6.45, 7) is 0. The van der Waals surface area contributed by atoms with Crippen molar-refractivity contribution in [1.29, 1.82) is 0 Å². The van der Waals surface area contributed by atoms with Gasteiger partial charge in [-0.25, -0.2) is 0 Å². The largest absolute Gasteiger partial charge is 0.392 e. The van der Waals surface area contributed by atoms with Gasteiger partial charge < -0.3 is 5.11 Å². The fourth-order valence-corrected chi connectivity index (χ4v) is 4.79. The third-order valence-corrected chi connectivity index (χ3v) is 5.98. The van der Waals surface area contributed by atoms with Gasteiger partial charge in [0, 0.05) is 28.8 Å². The van der Waals surface area contributed by atoms with Crippen LogP contribution in [0.1, 0.15) is 55.7 Å². The van der Waals surface area contributed by atoms with E-state index in [-0.39, 0.29) is 12.0 Å². The van der Waals surface area contributed by atoms with Crippen molar-refractivity contribution in [3.05, 3.63) is 29.6 Å². The zero-order valence-corrected chi connectivity index (χ0v) is 12.2. The summed E-state index contributed by atoms with van der Waals surface area (Å²) in [5.41, 5.74) is 2.51. The summed E-state index contributed by atoms with van der Waals surface area (Å²) < 4.78 is 0. The molecule has 104 valence electrons. The number of hydrogen-bond acceptors (Lipinski definition) is 3. The minimum Gasteiger partial charge on any atom is -0.392 e. The Balaban J connectivity index is 1.62. The Hall–Kier alpha value is -0.540. The van der Waals surface area contributed by atoms with Gasteiger partial charge in [0.2, 0.25) is 0 Å². The maximum absolute atomic E-state index is 10.5. The third kappa shape index (κ3) is 3.14. The number of fused-ring (bicyclic) bond motifs is 1. The lowest BCUT2D eigenvalue weighted by Crippen LogP contribution is -2.26. The summed E-state index contributed by atoms with van der Waals surface area (Å²) in [5.74, 6) is 1.14. The molecular weight excluding hydrogens is 254 g/mol. The number of thioether (sulfide) groups is 1. The zero-order valence-electron chi connectivity index (χ0n) is 11.4. The van der Waals surface area contributed by atoms with Gasteiger partial charge >= 0.3 is 0 Å². The number of pyridine rings is 1. The van der Waals surface area contributed by atoms with E-state index in [4.69, 9.17) is 0 Å². The lowest BCUT2D eigenvalue weighted by Gasteiger charge is -2.28. The van der Waals surface area contributed by atoms with Crippen LogP contribution < -0.4 is 0 Å².